The number of urea groups is 1. The van der Waals surface area contributed by atoms with E-state index in [1.807, 2.05) is 60.7 Å². The number of nitrogens with zero attached hydrogens (tertiary/aromatic N) is 1. The number of hydrogen-bond donors (Lipinski definition) is 2. The summed E-state index contributed by atoms with van der Waals surface area (Å²) in [6.45, 7) is 0.516. The van der Waals surface area contributed by atoms with E-state index >= 15 is 0 Å². The molecule has 3 rings (SSSR count). The largest absolute Gasteiger partial charge is 0.338 e. The van der Waals surface area contributed by atoms with Crippen molar-refractivity contribution >= 4 is 17.4 Å². The summed E-state index contributed by atoms with van der Waals surface area (Å²) >= 11 is 0. The molecule has 0 heterocycles. The zero-order valence-electron chi connectivity index (χ0n) is 13.5. The Morgan fingerprint density at radius 2 is 1.44 bits per heavy atom. The van der Waals surface area contributed by atoms with Crippen LogP contribution in [0.25, 0.3) is 0 Å². The first-order chi connectivity index (χ1) is 12.2. The van der Waals surface area contributed by atoms with Crippen LogP contribution in [0.5, 0.6) is 0 Å². The first-order valence-corrected chi connectivity index (χ1v) is 7.90. The normalized spacial score (nSPS) is 10.1. The number of rotatable bonds is 5. The summed E-state index contributed by atoms with van der Waals surface area (Å²) in [5, 5.41) is 4.45. The van der Waals surface area contributed by atoms with Crippen LogP contribution in [0.3, 0.4) is 0 Å². The third-order valence-electron chi connectivity index (χ3n) is 3.59. The van der Waals surface area contributed by atoms with E-state index < -0.39 is 6.03 Å². The van der Waals surface area contributed by atoms with Crippen molar-refractivity contribution in [3.05, 3.63) is 96.3 Å². The van der Waals surface area contributed by atoms with Gasteiger partial charge in [-0.05, 0) is 42.0 Å². The molecule has 25 heavy (non-hydrogen) atoms. The van der Waals surface area contributed by atoms with Crippen molar-refractivity contribution in [2.45, 2.75) is 6.54 Å². The number of carbonyl (C=O) groups excluding carboxylic acids is 1. The second kappa shape index (κ2) is 7.97. The number of carbonyl (C=O) groups is 1. The van der Waals surface area contributed by atoms with Crippen LogP contribution >= 0.6 is 0 Å². The van der Waals surface area contributed by atoms with Gasteiger partial charge in [-0.15, -0.1) is 0 Å². The van der Waals surface area contributed by atoms with E-state index in [2.05, 4.69) is 10.7 Å². The van der Waals surface area contributed by atoms with Crippen molar-refractivity contribution in [3.63, 3.8) is 0 Å². The third-order valence-corrected chi connectivity index (χ3v) is 3.59. The number of hydrogen-bond acceptors (Lipinski definition) is 2. The van der Waals surface area contributed by atoms with Crippen LogP contribution in [0.4, 0.5) is 20.6 Å². The number of benzene rings is 3. The van der Waals surface area contributed by atoms with Crippen molar-refractivity contribution in [1.29, 1.82) is 0 Å². The highest BCUT2D eigenvalue weighted by Crippen LogP contribution is 2.15. The number of anilines is 2. The maximum Gasteiger partial charge on any atom is 0.338 e. The van der Waals surface area contributed by atoms with Gasteiger partial charge in [-0.3, -0.25) is 5.01 Å². The molecule has 2 amide bonds. The zero-order valence-corrected chi connectivity index (χ0v) is 13.5. The second-order valence-electron chi connectivity index (χ2n) is 5.48. The minimum atomic E-state index is -0.397. The second-order valence-corrected chi connectivity index (χ2v) is 5.48. The average molecular weight is 335 g/mol. The Morgan fingerprint density at radius 1 is 0.840 bits per heavy atom. The predicted molar refractivity (Wildman–Crippen MR) is 97.6 cm³/mol. The molecule has 3 aromatic carbocycles. The summed E-state index contributed by atoms with van der Waals surface area (Å²) in [5.74, 6) is -0.346. The minimum absolute atomic E-state index is 0.346. The maximum absolute atomic E-state index is 13.0. The summed E-state index contributed by atoms with van der Waals surface area (Å²) in [7, 11) is 0. The molecule has 0 radical (unpaired) electrons. The molecule has 0 atom stereocenters. The smallest absolute Gasteiger partial charge is 0.307 e. The number of amides is 2. The number of nitrogens with one attached hydrogen (secondary N) is 2. The molecule has 0 saturated heterocycles. The molecule has 0 aliphatic rings. The quantitative estimate of drug-likeness (QED) is 0.671. The molecule has 5 heteroatoms. The lowest BCUT2D eigenvalue weighted by Gasteiger charge is -2.25. The van der Waals surface area contributed by atoms with Crippen molar-refractivity contribution < 1.29 is 9.18 Å². The lowest BCUT2D eigenvalue weighted by atomic mass is 10.2. The van der Waals surface area contributed by atoms with E-state index in [1.165, 1.54) is 24.3 Å². The fourth-order valence-electron chi connectivity index (χ4n) is 2.38. The summed E-state index contributed by atoms with van der Waals surface area (Å²) in [4.78, 5) is 12.3. The van der Waals surface area contributed by atoms with Gasteiger partial charge in [0.2, 0.25) is 0 Å². The number of halogens is 1. The standard InChI is InChI=1S/C20H18FN3O/c21-17-11-13-18(14-12-17)22-20(25)23-24(19-9-5-2-6-10-19)15-16-7-3-1-4-8-16/h1-14H,15H2,(H2,22,23,25). The van der Waals surface area contributed by atoms with Crippen LogP contribution in [-0.4, -0.2) is 6.03 Å². The zero-order chi connectivity index (χ0) is 17.5. The highest BCUT2D eigenvalue weighted by molar-refractivity contribution is 5.90. The first-order valence-electron chi connectivity index (χ1n) is 7.90. The van der Waals surface area contributed by atoms with Gasteiger partial charge in [-0.2, -0.15) is 0 Å². The molecule has 0 aromatic heterocycles. The van der Waals surface area contributed by atoms with Crippen LogP contribution in [0.2, 0.25) is 0 Å². The van der Waals surface area contributed by atoms with Crippen LogP contribution in [-0.2, 0) is 6.54 Å². The topological polar surface area (TPSA) is 44.4 Å². The van der Waals surface area contributed by atoms with E-state index in [0.29, 0.717) is 12.2 Å². The lowest BCUT2D eigenvalue weighted by molar-refractivity contribution is 0.251. The highest BCUT2D eigenvalue weighted by Gasteiger charge is 2.11. The van der Waals surface area contributed by atoms with Gasteiger partial charge >= 0.3 is 6.03 Å². The van der Waals surface area contributed by atoms with Crippen LogP contribution < -0.4 is 15.8 Å². The van der Waals surface area contributed by atoms with Gasteiger partial charge in [0, 0.05) is 5.69 Å². The van der Waals surface area contributed by atoms with Gasteiger partial charge in [-0.1, -0.05) is 48.5 Å². The first kappa shape index (κ1) is 16.5. The molecule has 0 unspecified atom stereocenters. The van der Waals surface area contributed by atoms with Crippen molar-refractivity contribution in [2.75, 3.05) is 10.3 Å². The highest BCUT2D eigenvalue weighted by atomic mass is 19.1. The van der Waals surface area contributed by atoms with E-state index in [9.17, 15) is 9.18 Å². The Labute approximate surface area is 145 Å². The van der Waals surface area contributed by atoms with Gasteiger partial charge in [0.05, 0.1) is 12.2 Å². The molecule has 0 saturated carbocycles. The number of hydrazine groups is 1. The predicted octanol–water partition coefficient (Wildman–Crippen LogP) is 4.57. The van der Waals surface area contributed by atoms with Gasteiger partial charge in [0.25, 0.3) is 0 Å². The van der Waals surface area contributed by atoms with E-state index in [4.69, 9.17) is 0 Å². The molecule has 0 fully saturated rings. The average Bonchev–Trinajstić information content (AvgIpc) is 2.65. The molecular formula is C20H18FN3O. The summed E-state index contributed by atoms with van der Waals surface area (Å²) in [5.41, 5.74) is 5.28. The van der Waals surface area contributed by atoms with Crippen LogP contribution in [0.1, 0.15) is 5.56 Å². The molecule has 0 aliphatic heterocycles. The Bertz CT molecular complexity index is 807. The molecular weight excluding hydrogens is 317 g/mol. The molecule has 0 bridgehead atoms. The van der Waals surface area contributed by atoms with E-state index in [-0.39, 0.29) is 5.82 Å². The Balaban J connectivity index is 1.72. The summed E-state index contributed by atoms with van der Waals surface area (Å²) in [6.07, 6.45) is 0. The van der Waals surface area contributed by atoms with Crippen molar-refractivity contribution in [2.24, 2.45) is 0 Å². The van der Waals surface area contributed by atoms with Crippen LogP contribution in [0, 0.1) is 5.82 Å². The summed E-state index contributed by atoms with van der Waals surface area (Å²) < 4.78 is 13.0. The molecule has 0 aliphatic carbocycles. The monoisotopic (exact) mass is 335 g/mol. The van der Waals surface area contributed by atoms with Gasteiger partial charge < -0.3 is 5.32 Å². The Hall–Kier alpha value is -3.34. The van der Waals surface area contributed by atoms with Crippen molar-refractivity contribution in [3.8, 4) is 0 Å². The fourth-order valence-corrected chi connectivity index (χ4v) is 2.38. The third kappa shape index (κ3) is 4.81. The molecule has 126 valence electrons. The van der Waals surface area contributed by atoms with Crippen LogP contribution in [0.15, 0.2) is 84.9 Å². The molecule has 0 spiro atoms. The van der Waals surface area contributed by atoms with Gasteiger partial charge in [0.1, 0.15) is 5.82 Å². The lowest BCUT2D eigenvalue weighted by Crippen LogP contribution is -2.44. The SMILES string of the molecule is O=C(Nc1ccc(F)cc1)NN(Cc1ccccc1)c1ccccc1. The maximum atomic E-state index is 13.0. The molecule has 2 N–H and O–H groups in total. The van der Waals surface area contributed by atoms with E-state index in [1.54, 1.807) is 5.01 Å². The van der Waals surface area contributed by atoms with Gasteiger partial charge in [0.15, 0.2) is 0 Å². The van der Waals surface area contributed by atoms with E-state index in [0.717, 1.165) is 11.3 Å². The minimum Gasteiger partial charge on any atom is -0.307 e. The fraction of sp³-hybridized carbons (Fsp3) is 0.0500. The van der Waals surface area contributed by atoms with Crippen molar-refractivity contribution in [1.82, 2.24) is 5.43 Å². The Morgan fingerprint density at radius 3 is 2.08 bits per heavy atom. The Kier molecular flexibility index (Phi) is 5.26. The molecule has 3 aromatic rings. The van der Waals surface area contributed by atoms with Gasteiger partial charge in [-0.25, -0.2) is 14.6 Å². The molecule has 4 nitrogen and oxygen atoms in total. The summed E-state index contributed by atoms with van der Waals surface area (Å²) in [6, 6.07) is 24.7. The number of para-hydroxylation sites is 1.